The number of nitrogens with two attached hydrogens (primary N) is 1. The van der Waals surface area contributed by atoms with E-state index in [-0.39, 0.29) is 0 Å². The Kier molecular flexibility index (Phi) is 3.64. The molecule has 0 fully saturated rings. The van der Waals surface area contributed by atoms with Crippen LogP contribution in [-0.4, -0.2) is 26.5 Å². The SMILES string of the molecule is CC(C(N)c1cccc2c1OCCC2)S(C)(=O)=O. The van der Waals surface area contributed by atoms with Crippen LogP contribution in [0.15, 0.2) is 18.2 Å². The molecule has 2 atom stereocenters. The number of aryl methyl sites for hydroxylation is 1. The van der Waals surface area contributed by atoms with Gasteiger partial charge in [0.25, 0.3) is 0 Å². The van der Waals surface area contributed by atoms with Gasteiger partial charge in [-0.15, -0.1) is 0 Å². The highest BCUT2D eigenvalue weighted by Crippen LogP contribution is 2.34. The van der Waals surface area contributed by atoms with Crippen LogP contribution in [0.3, 0.4) is 0 Å². The number of hydrogen-bond acceptors (Lipinski definition) is 4. The zero-order valence-corrected chi connectivity index (χ0v) is 11.5. The van der Waals surface area contributed by atoms with E-state index in [1.807, 2.05) is 18.2 Å². The van der Waals surface area contributed by atoms with Crippen LogP contribution in [-0.2, 0) is 16.3 Å². The molecule has 0 radical (unpaired) electrons. The zero-order chi connectivity index (χ0) is 13.3. The van der Waals surface area contributed by atoms with Crippen LogP contribution in [0.2, 0.25) is 0 Å². The monoisotopic (exact) mass is 269 g/mol. The minimum absolute atomic E-state index is 0.548. The number of para-hydroxylation sites is 1. The van der Waals surface area contributed by atoms with Gasteiger partial charge in [0.2, 0.25) is 0 Å². The minimum atomic E-state index is -3.16. The standard InChI is InChI=1S/C13H19NO3S/c1-9(18(2,15)16)12(14)11-7-3-5-10-6-4-8-17-13(10)11/h3,5,7,9,12H,4,6,8,14H2,1-2H3. The van der Waals surface area contributed by atoms with E-state index in [0.29, 0.717) is 6.61 Å². The summed E-state index contributed by atoms with van der Waals surface area (Å²) in [7, 11) is -3.16. The second-order valence-corrected chi connectivity index (χ2v) is 7.25. The molecule has 2 unspecified atom stereocenters. The molecule has 0 saturated heterocycles. The zero-order valence-electron chi connectivity index (χ0n) is 10.7. The van der Waals surface area contributed by atoms with Gasteiger partial charge in [-0.2, -0.15) is 0 Å². The van der Waals surface area contributed by atoms with E-state index in [4.69, 9.17) is 10.5 Å². The van der Waals surface area contributed by atoms with Crippen LogP contribution in [0, 0.1) is 0 Å². The van der Waals surface area contributed by atoms with Crippen molar-refractivity contribution in [2.75, 3.05) is 12.9 Å². The molecule has 0 saturated carbocycles. The predicted molar refractivity (Wildman–Crippen MR) is 71.5 cm³/mol. The fraction of sp³-hybridized carbons (Fsp3) is 0.538. The highest BCUT2D eigenvalue weighted by molar-refractivity contribution is 7.91. The lowest BCUT2D eigenvalue weighted by Gasteiger charge is -2.25. The van der Waals surface area contributed by atoms with Crippen molar-refractivity contribution in [3.63, 3.8) is 0 Å². The van der Waals surface area contributed by atoms with E-state index in [1.54, 1.807) is 6.92 Å². The number of rotatable bonds is 3. The molecule has 1 aromatic carbocycles. The molecule has 100 valence electrons. The van der Waals surface area contributed by atoms with E-state index >= 15 is 0 Å². The minimum Gasteiger partial charge on any atom is -0.493 e. The van der Waals surface area contributed by atoms with Crippen molar-refractivity contribution in [1.29, 1.82) is 0 Å². The van der Waals surface area contributed by atoms with Gasteiger partial charge < -0.3 is 10.5 Å². The Hall–Kier alpha value is -1.07. The second kappa shape index (κ2) is 4.90. The molecule has 0 aromatic heterocycles. The Balaban J connectivity index is 2.39. The number of benzene rings is 1. The smallest absolute Gasteiger partial charge is 0.151 e. The Morgan fingerprint density at radius 2 is 2.11 bits per heavy atom. The summed E-state index contributed by atoms with van der Waals surface area (Å²) in [4.78, 5) is 0. The van der Waals surface area contributed by atoms with Gasteiger partial charge in [0.15, 0.2) is 9.84 Å². The number of fused-ring (bicyclic) bond motifs is 1. The Bertz CT molecular complexity index is 539. The van der Waals surface area contributed by atoms with Crippen LogP contribution < -0.4 is 10.5 Å². The van der Waals surface area contributed by atoms with Crippen LogP contribution in [0.5, 0.6) is 5.75 Å². The molecular weight excluding hydrogens is 250 g/mol. The summed E-state index contributed by atoms with van der Waals surface area (Å²) in [5, 5.41) is -0.616. The molecule has 0 amide bonds. The van der Waals surface area contributed by atoms with Crippen molar-refractivity contribution in [3.8, 4) is 5.75 Å². The summed E-state index contributed by atoms with van der Waals surface area (Å²) in [6, 6.07) is 5.23. The third-order valence-electron chi connectivity index (χ3n) is 3.50. The summed E-state index contributed by atoms with van der Waals surface area (Å²) < 4.78 is 28.9. The highest BCUT2D eigenvalue weighted by Gasteiger charge is 2.28. The summed E-state index contributed by atoms with van der Waals surface area (Å²) in [6.45, 7) is 2.31. The van der Waals surface area contributed by atoms with E-state index < -0.39 is 21.1 Å². The first-order valence-electron chi connectivity index (χ1n) is 6.10. The molecule has 2 N–H and O–H groups in total. The van der Waals surface area contributed by atoms with Gasteiger partial charge >= 0.3 is 0 Å². The fourth-order valence-electron chi connectivity index (χ4n) is 2.20. The average Bonchev–Trinajstić information content (AvgIpc) is 2.35. The summed E-state index contributed by atoms with van der Waals surface area (Å²) >= 11 is 0. The summed E-state index contributed by atoms with van der Waals surface area (Å²) in [5.41, 5.74) is 8.01. The largest absolute Gasteiger partial charge is 0.493 e. The number of ether oxygens (including phenoxy) is 1. The van der Waals surface area contributed by atoms with Crippen molar-refractivity contribution in [1.82, 2.24) is 0 Å². The molecule has 18 heavy (non-hydrogen) atoms. The Morgan fingerprint density at radius 1 is 1.39 bits per heavy atom. The van der Waals surface area contributed by atoms with Gasteiger partial charge in [-0.05, 0) is 25.3 Å². The van der Waals surface area contributed by atoms with Crippen molar-refractivity contribution in [3.05, 3.63) is 29.3 Å². The fourth-order valence-corrected chi connectivity index (χ4v) is 2.88. The summed E-state index contributed by atoms with van der Waals surface area (Å²) in [5.74, 6) is 0.784. The van der Waals surface area contributed by atoms with Gasteiger partial charge in [-0.3, -0.25) is 0 Å². The first kappa shape index (κ1) is 13.4. The van der Waals surface area contributed by atoms with Gasteiger partial charge in [0, 0.05) is 17.9 Å². The van der Waals surface area contributed by atoms with Crippen molar-refractivity contribution < 1.29 is 13.2 Å². The molecule has 0 spiro atoms. The van der Waals surface area contributed by atoms with Crippen LogP contribution in [0.4, 0.5) is 0 Å². The number of sulfone groups is 1. The first-order valence-corrected chi connectivity index (χ1v) is 8.05. The number of hydrogen-bond donors (Lipinski definition) is 1. The molecule has 5 heteroatoms. The van der Waals surface area contributed by atoms with Crippen LogP contribution >= 0.6 is 0 Å². The van der Waals surface area contributed by atoms with Crippen molar-refractivity contribution >= 4 is 9.84 Å². The third kappa shape index (κ3) is 2.52. The van der Waals surface area contributed by atoms with Gasteiger partial charge in [-0.1, -0.05) is 18.2 Å². The van der Waals surface area contributed by atoms with Crippen molar-refractivity contribution in [2.24, 2.45) is 5.73 Å². The second-order valence-electron chi connectivity index (χ2n) is 4.85. The van der Waals surface area contributed by atoms with Gasteiger partial charge in [-0.25, -0.2) is 8.42 Å². The summed E-state index contributed by atoms with van der Waals surface area (Å²) in [6.07, 6.45) is 3.17. The molecule has 1 heterocycles. The molecule has 1 aliphatic heterocycles. The lowest BCUT2D eigenvalue weighted by atomic mass is 9.97. The Morgan fingerprint density at radius 3 is 2.78 bits per heavy atom. The van der Waals surface area contributed by atoms with Crippen molar-refractivity contribution in [2.45, 2.75) is 31.1 Å². The van der Waals surface area contributed by atoms with E-state index in [9.17, 15) is 8.42 Å². The topological polar surface area (TPSA) is 69.4 Å². The Labute approximate surface area is 108 Å². The van der Waals surface area contributed by atoms with Gasteiger partial charge in [0.05, 0.1) is 11.9 Å². The molecule has 1 aliphatic rings. The molecule has 2 rings (SSSR count). The molecule has 0 bridgehead atoms. The maximum atomic E-state index is 11.6. The van der Waals surface area contributed by atoms with Crippen LogP contribution in [0.25, 0.3) is 0 Å². The quantitative estimate of drug-likeness (QED) is 0.901. The lowest BCUT2D eigenvalue weighted by Crippen LogP contribution is -2.31. The maximum Gasteiger partial charge on any atom is 0.151 e. The predicted octanol–water partition coefficient (Wildman–Crippen LogP) is 1.44. The highest BCUT2D eigenvalue weighted by atomic mass is 32.2. The van der Waals surface area contributed by atoms with E-state index in [2.05, 4.69) is 0 Å². The average molecular weight is 269 g/mol. The molecule has 1 aromatic rings. The first-order chi connectivity index (χ1) is 8.41. The molecule has 0 aliphatic carbocycles. The van der Waals surface area contributed by atoms with Gasteiger partial charge in [0.1, 0.15) is 5.75 Å². The third-order valence-corrected chi connectivity index (χ3v) is 5.15. The maximum absolute atomic E-state index is 11.6. The van der Waals surface area contributed by atoms with E-state index in [1.165, 1.54) is 6.26 Å². The molecule has 4 nitrogen and oxygen atoms in total. The molecular formula is C13H19NO3S. The van der Waals surface area contributed by atoms with Crippen LogP contribution in [0.1, 0.15) is 30.5 Å². The normalized spacial score (nSPS) is 18.6. The lowest BCUT2D eigenvalue weighted by molar-refractivity contribution is 0.283. The van der Waals surface area contributed by atoms with E-state index in [0.717, 1.165) is 29.7 Å².